The Balaban J connectivity index is 1.54. The highest BCUT2D eigenvalue weighted by Crippen LogP contribution is 2.20. The van der Waals surface area contributed by atoms with E-state index in [1.165, 1.54) is 0 Å². The molecule has 2 aromatic carbocycles. The number of hydrogen-bond acceptors (Lipinski definition) is 4. The van der Waals surface area contributed by atoms with Gasteiger partial charge in [-0.3, -0.25) is 5.32 Å². The zero-order valence-electron chi connectivity index (χ0n) is 20.5. The van der Waals surface area contributed by atoms with Crippen molar-refractivity contribution < 1.29 is 0 Å². The number of rotatable bonds is 3. The van der Waals surface area contributed by atoms with Gasteiger partial charge in [0.2, 0.25) is 17.0 Å². The molecule has 1 aliphatic rings. The van der Waals surface area contributed by atoms with E-state index in [0.717, 1.165) is 65.1 Å². The molecule has 35 heavy (non-hydrogen) atoms. The van der Waals surface area contributed by atoms with Crippen molar-refractivity contribution in [2.75, 3.05) is 41.7 Å². The van der Waals surface area contributed by atoms with Gasteiger partial charge < -0.3 is 15.1 Å². The van der Waals surface area contributed by atoms with Crippen molar-refractivity contribution in [3.63, 3.8) is 0 Å². The van der Waals surface area contributed by atoms with Gasteiger partial charge in [0.05, 0.1) is 0 Å². The predicted octanol–water partition coefficient (Wildman–Crippen LogP) is 5.35. The number of aliphatic imine (C=N–C) groups is 1. The van der Waals surface area contributed by atoms with Crippen molar-refractivity contribution >= 4 is 52.2 Å². The number of anilines is 3. The predicted molar refractivity (Wildman–Crippen MR) is 150 cm³/mol. The molecule has 1 saturated heterocycles. The van der Waals surface area contributed by atoms with E-state index in [1.807, 2.05) is 39.0 Å². The molecule has 0 unspecified atom stereocenters. The average Bonchev–Trinajstić information content (AvgIpc) is 2.81. The number of benzene rings is 2. The average molecular weight is 508 g/mol. The van der Waals surface area contributed by atoms with Crippen molar-refractivity contribution in [1.82, 2.24) is 14.9 Å². The first-order valence-electron chi connectivity index (χ1n) is 11.6. The molecule has 0 radical (unpaired) electrons. The van der Waals surface area contributed by atoms with Crippen LogP contribution in [0.2, 0.25) is 5.02 Å². The molecule has 2 N–H and O–H groups in total. The molecule has 182 valence electrons. The molecule has 3 aromatic rings. The van der Waals surface area contributed by atoms with Gasteiger partial charge in [0, 0.05) is 54.0 Å². The van der Waals surface area contributed by atoms with Crippen LogP contribution in [0.3, 0.4) is 0 Å². The molecule has 9 heteroatoms. The Morgan fingerprint density at radius 1 is 0.886 bits per heavy atom. The Morgan fingerprint density at radius 2 is 1.54 bits per heavy atom. The van der Waals surface area contributed by atoms with Gasteiger partial charge >= 0.3 is 0 Å². The summed E-state index contributed by atoms with van der Waals surface area (Å²) in [4.78, 5) is 18.4. The van der Waals surface area contributed by atoms with E-state index in [4.69, 9.17) is 28.8 Å². The van der Waals surface area contributed by atoms with Gasteiger partial charge in [0.25, 0.3) is 0 Å². The highest BCUT2D eigenvalue weighted by molar-refractivity contribution is 7.80. The number of hydrogen-bond donors (Lipinski definition) is 2. The highest BCUT2D eigenvalue weighted by atomic mass is 35.5. The van der Waals surface area contributed by atoms with Crippen LogP contribution in [0.4, 0.5) is 17.3 Å². The number of nitrogens with zero attached hydrogens (tertiary/aromatic N) is 5. The molecule has 2 heterocycles. The van der Waals surface area contributed by atoms with Crippen LogP contribution in [0.5, 0.6) is 0 Å². The number of aryl methyl sites for hydroxylation is 4. The number of guanidine groups is 1. The molecule has 0 amide bonds. The fourth-order valence-electron chi connectivity index (χ4n) is 4.00. The van der Waals surface area contributed by atoms with E-state index in [0.29, 0.717) is 17.0 Å². The van der Waals surface area contributed by atoms with Crippen LogP contribution in [0.1, 0.15) is 22.5 Å². The second-order valence-electron chi connectivity index (χ2n) is 8.73. The Bertz CT molecular complexity index is 1210. The van der Waals surface area contributed by atoms with Crippen LogP contribution in [0.25, 0.3) is 0 Å². The first kappa shape index (κ1) is 24.9. The zero-order chi connectivity index (χ0) is 24.9. The largest absolute Gasteiger partial charge is 0.368 e. The Hall–Kier alpha value is -3.23. The smallest absolute Gasteiger partial charge is 0.229 e. The van der Waals surface area contributed by atoms with Gasteiger partial charge in [0.1, 0.15) is 0 Å². The van der Waals surface area contributed by atoms with Crippen LogP contribution >= 0.6 is 23.8 Å². The highest BCUT2D eigenvalue weighted by Gasteiger charge is 2.22. The van der Waals surface area contributed by atoms with Crippen molar-refractivity contribution in [2.45, 2.75) is 27.7 Å². The maximum Gasteiger partial charge on any atom is 0.229 e. The monoisotopic (exact) mass is 507 g/mol. The van der Waals surface area contributed by atoms with Crippen LogP contribution < -0.4 is 15.5 Å². The summed E-state index contributed by atoms with van der Waals surface area (Å²) in [5.41, 5.74) is 6.16. The molecule has 1 fully saturated rings. The SMILES string of the molecule is Cc1ccc(C)c(NC(=S)/N=C(/Nc2nc(C)cc(C)n2)N2CCN(c3ccc(Cl)cc3)CC2)c1. The van der Waals surface area contributed by atoms with E-state index < -0.39 is 0 Å². The molecule has 7 nitrogen and oxygen atoms in total. The summed E-state index contributed by atoms with van der Waals surface area (Å²) < 4.78 is 0. The molecular weight excluding hydrogens is 478 g/mol. The number of nitrogens with one attached hydrogen (secondary N) is 2. The molecule has 0 saturated carbocycles. The molecular formula is C26H30ClN7S. The standard InChI is InChI=1S/C26H30ClN7S/c1-17-5-6-18(2)23(15-17)30-26(35)32-25(31-24-28-19(3)16-20(4)29-24)34-13-11-33(12-14-34)22-9-7-21(27)8-10-22/h5-10,15-16H,11-14H2,1-4H3,(H2,28,29,30,31,32,35). The van der Waals surface area contributed by atoms with Crippen LogP contribution in [-0.4, -0.2) is 52.1 Å². The second-order valence-corrected chi connectivity index (χ2v) is 9.56. The maximum atomic E-state index is 6.06. The fraction of sp³-hybridized carbons (Fsp3) is 0.308. The minimum absolute atomic E-state index is 0.380. The summed E-state index contributed by atoms with van der Waals surface area (Å²) >= 11 is 11.7. The first-order valence-corrected chi connectivity index (χ1v) is 12.4. The van der Waals surface area contributed by atoms with Crippen molar-refractivity contribution in [1.29, 1.82) is 0 Å². The van der Waals surface area contributed by atoms with Gasteiger partial charge in [-0.05, 0) is 87.4 Å². The van der Waals surface area contributed by atoms with Gasteiger partial charge in [-0.2, -0.15) is 4.99 Å². The lowest BCUT2D eigenvalue weighted by Crippen LogP contribution is -2.51. The van der Waals surface area contributed by atoms with Crippen molar-refractivity contribution in [2.24, 2.45) is 4.99 Å². The quantitative estimate of drug-likeness (QED) is 0.281. The molecule has 1 aromatic heterocycles. The Labute approximate surface area is 217 Å². The van der Waals surface area contributed by atoms with Gasteiger partial charge in [-0.15, -0.1) is 0 Å². The molecule has 1 aliphatic heterocycles. The van der Waals surface area contributed by atoms with E-state index in [1.54, 1.807) is 0 Å². The molecule has 0 atom stereocenters. The molecule has 0 aliphatic carbocycles. The molecule has 4 rings (SSSR count). The van der Waals surface area contributed by atoms with Gasteiger partial charge in [0.15, 0.2) is 0 Å². The second kappa shape index (κ2) is 11.0. The minimum Gasteiger partial charge on any atom is -0.368 e. The lowest BCUT2D eigenvalue weighted by molar-refractivity contribution is 0.385. The first-order chi connectivity index (χ1) is 16.8. The minimum atomic E-state index is 0.380. The lowest BCUT2D eigenvalue weighted by Gasteiger charge is -2.37. The third kappa shape index (κ3) is 6.68. The van der Waals surface area contributed by atoms with Crippen molar-refractivity contribution in [3.8, 4) is 0 Å². The van der Waals surface area contributed by atoms with E-state index in [-0.39, 0.29) is 0 Å². The number of halogens is 1. The summed E-state index contributed by atoms with van der Waals surface area (Å²) in [6.45, 7) is 11.2. The van der Waals surface area contributed by atoms with Crippen LogP contribution in [-0.2, 0) is 0 Å². The van der Waals surface area contributed by atoms with Gasteiger partial charge in [-0.1, -0.05) is 23.7 Å². The summed E-state index contributed by atoms with van der Waals surface area (Å²) in [5.74, 6) is 1.14. The molecule has 0 bridgehead atoms. The van der Waals surface area contributed by atoms with Crippen LogP contribution in [0, 0.1) is 27.7 Å². The van der Waals surface area contributed by atoms with E-state index in [9.17, 15) is 0 Å². The number of aromatic nitrogens is 2. The third-order valence-electron chi connectivity index (χ3n) is 5.82. The zero-order valence-corrected chi connectivity index (χ0v) is 22.0. The third-order valence-corrected chi connectivity index (χ3v) is 6.26. The number of piperazine rings is 1. The summed E-state index contributed by atoms with van der Waals surface area (Å²) in [5, 5.41) is 7.73. The normalized spacial score (nSPS) is 14.1. The molecule has 0 spiro atoms. The van der Waals surface area contributed by atoms with E-state index >= 15 is 0 Å². The lowest BCUT2D eigenvalue weighted by atomic mass is 10.1. The summed E-state index contributed by atoms with van der Waals surface area (Å²) in [7, 11) is 0. The number of thiocarbonyl (C=S) groups is 1. The van der Waals surface area contributed by atoms with Crippen LogP contribution in [0.15, 0.2) is 53.5 Å². The maximum absolute atomic E-state index is 6.06. The summed E-state index contributed by atoms with van der Waals surface area (Å²) in [6, 6.07) is 16.1. The fourth-order valence-corrected chi connectivity index (χ4v) is 4.32. The topological polar surface area (TPSA) is 68.7 Å². The Morgan fingerprint density at radius 3 is 2.20 bits per heavy atom. The van der Waals surface area contributed by atoms with Crippen molar-refractivity contribution in [3.05, 3.63) is 76.1 Å². The summed E-state index contributed by atoms with van der Waals surface area (Å²) in [6.07, 6.45) is 0. The van der Waals surface area contributed by atoms with Gasteiger partial charge in [-0.25, -0.2) is 9.97 Å². The van der Waals surface area contributed by atoms with E-state index in [2.05, 4.69) is 67.7 Å². The Kier molecular flexibility index (Phi) is 7.83.